The van der Waals surface area contributed by atoms with E-state index in [1.165, 1.54) is 31.2 Å². The molecule has 4 heteroatoms. The molecule has 2 N–H and O–H groups in total. The normalized spacial score (nSPS) is 14.2. The van der Waals surface area contributed by atoms with Gasteiger partial charge in [0.1, 0.15) is 18.0 Å². The summed E-state index contributed by atoms with van der Waals surface area (Å²) in [7, 11) is 0. The van der Waals surface area contributed by atoms with Crippen LogP contribution in [0.5, 0.6) is 0 Å². The van der Waals surface area contributed by atoms with Crippen molar-refractivity contribution in [3.63, 3.8) is 0 Å². The molecule has 0 saturated carbocycles. The van der Waals surface area contributed by atoms with Crippen LogP contribution in [0.1, 0.15) is 37.7 Å². The smallest absolute Gasteiger partial charge is 0.135 e. The van der Waals surface area contributed by atoms with Crippen molar-refractivity contribution < 1.29 is 0 Å². The third kappa shape index (κ3) is 4.81. The molecule has 23 heavy (non-hydrogen) atoms. The van der Waals surface area contributed by atoms with Gasteiger partial charge in [0, 0.05) is 18.3 Å². The van der Waals surface area contributed by atoms with Crippen LogP contribution in [0.4, 0.5) is 17.3 Å². The highest BCUT2D eigenvalue weighted by atomic mass is 15.1. The van der Waals surface area contributed by atoms with Crippen LogP contribution in [0.3, 0.4) is 0 Å². The Morgan fingerprint density at radius 3 is 2.83 bits per heavy atom. The van der Waals surface area contributed by atoms with E-state index in [0.29, 0.717) is 0 Å². The lowest BCUT2D eigenvalue weighted by Crippen LogP contribution is -2.06. The molecule has 0 amide bonds. The maximum atomic E-state index is 4.30. The number of rotatable bonds is 6. The van der Waals surface area contributed by atoms with Crippen LogP contribution in [0.15, 0.2) is 48.3 Å². The molecule has 0 spiro atoms. The number of hydrogen-bond donors (Lipinski definition) is 2. The summed E-state index contributed by atoms with van der Waals surface area (Å²) in [6.45, 7) is 3.00. The molecule has 1 aromatic heterocycles. The lowest BCUT2D eigenvalue weighted by atomic mass is 9.97. The Bertz CT molecular complexity index is 679. The molecule has 0 unspecified atom stereocenters. The van der Waals surface area contributed by atoms with E-state index in [2.05, 4.69) is 45.7 Å². The topological polar surface area (TPSA) is 49.8 Å². The fraction of sp³-hybridized carbons (Fsp3) is 0.368. The van der Waals surface area contributed by atoms with Gasteiger partial charge in [-0.15, -0.1) is 0 Å². The summed E-state index contributed by atoms with van der Waals surface area (Å²) in [6.07, 6.45) is 10.3. The average molecular weight is 308 g/mol. The molecule has 1 aromatic carbocycles. The van der Waals surface area contributed by atoms with E-state index in [9.17, 15) is 0 Å². The summed E-state index contributed by atoms with van der Waals surface area (Å²) in [5.74, 6) is 1.68. The zero-order valence-electron chi connectivity index (χ0n) is 13.7. The van der Waals surface area contributed by atoms with E-state index >= 15 is 0 Å². The molecular weight excluding hydrogens is 284 g/mol. The quantitative estimate of drug-likeness (QED) is 0.750. The van der Waals surface area contributed by atoms with Gasteiger partial charge >= 0.3 is 0 Å². The predicted octanol–water partition coefficient (Wildman–Crippen LogP) is 4.83. The second-order valence-electron chi connectivity index (χ2n) is 6.07. The first-order chi connectivity index (χ1) is 11.3. The zero-order chi connectivity index (χ0) is 15.9. The molecule has 120 valence electrons. The fourth-order valence-electron chi connectivity index (χ4n) is 2.88. The zero-order valence-corrected chi connectivity index (χ0v) is 13.7. The molecule has 0 bridgehead atoms. The Labute approximate surface area is 138 Å². The summed E-state index contributed by atoms with van der Waals surface area (Å²) < 4.78 is 0. The first-order valence-corrected chi connectivity index (χ1v) is 8.37. The third-order valence-corrected chi connectivity index (χ3v) is 4.09. The minimum atomic E-state index is 0.810. The van der Waals surface area contributed by atoms with Crippen molar-refractivity contribution in [3.05, 3.63) is 53.9 Å². The average Bonchev–Trinajstić information content (AvgIpc) is 2.56. The van der Waals surface area contributed by atoms with Gasteiger partial charge in [-0.2, -0.15) is 0 Å². The predicted molar refractivity (Wildman–Crippen MR) is 96.2 cm³/mol. The highest BCUT2D eigenvalue weighted by molar-refractivity contribution is 5.59. The van der Waals surface area contributed by atoms with Gasteiger partial charge in [-0.1, -0.05) is 23.8 Å². The van der Waals surface area contributed by atoms with Crippen LogP contribution in [0.2, 0.25) is 0 Å². The summed E-state index contributed by atoms with van der Waals surface area (Å²) in [6, 6.07) is 10.2. The number of aromatic nitrogens is 2. The first kappa shape index (κ1) is 15.5. The van der Waals surface area contributed by atoms with Gasteiger partial charge in [-0.25, -0.2) is 9.97 Å². The van der Waals surface area contributed by atoms with E-state index in [0.717, 1.165) is 30.3 Å². The lowest BCUT2D eigenvalue weighted by molar-refractivity contribution is 0.679. The molecule has 0 fully saturated rings. The standard InChI is InChI=1S/C19H24N4/c1-15-6-5-9-17(12-15)23-19-13-18(21-14-22-19)20-11-10-16-7-3-2-4-8-16/h5-7,9,12-14H,2-4,8,10-11H2,1H3,(H2,20,21,22,23). The number of benzene rings is 1. The Kier molecular flexibility index (Phi) is 5.25. The summed E-state index contributed by atoms with van der Waals surface area (Å²) in [4.78, 5) is 8.59. The van der Waals surface area contributed by atoms with Crippen molar-refractivity contribution in [2.75, 3.05) is 17.2 Å². The Balaban J connectivity index is 1.55. The molecule has 1 aliphatic carbocycles. The Morgan fingerprint density at radius 1 is 1.09 bits per heavy atom. The molecule has 0 saturated heterocycles. The summed E-state index contributed by atoms with van der Waals surface area (Å²) in [5.41, 5.74) is 3.85. The van der Waals surface area contributed by atoms with E-state index in [4.69, 9.17) is 0 Å². The number of anilines is 3. The second-order valence-corrected chi connectivity index (χ2v) is 6.07. The minimum Gasteiger partial charge on any atom is -0.370 e. The maximum Gasteiger partial charge on any atom is 0.135 e. The Morgan fingerprint density at radius 2 is 2.00 bits per heavy atom. The van der Waals surface area contributed by atoms with Crippen LogP contribution < -0.4 is 10.6 Å². The van der Waals surface area contributed by atoms with Gasteiger partial charge in [0.25, 0.3) is 0 Å². The molecule has 1 aliphatic rings. The monoisotopic (exact) mass is 308 g/mol. The van der Waals surface area contributed by atoms with Crippen molar-refractivity contribution in [2.45, 2.75) is 39.0 Å². The van der Waals surface area contributed by atoms with Gasteiger partial charge in [-0.3, -0.25) is 0 Å². The number of allylic oxidation sites excluding steroid dienone is 1. The SMILES string of the molecule is Cc1cccc(Nc2cc(NCCC3=CCCCC3)ncn2)c1. The molecule has 2 aromatic rings. The van der Waals surface area contributed by atoms with Crippen LogP contribution in [-0.2, 0) is 0 Å². The number of nitrogens with one attached hydrogen (secondary N) is 2. The van der Waals surface area contributed by atoms with E-state index < -0.39 is 0 Å². The number of nitrogens with zero attached hydrogens (tertiary/aromatic N) is 2. The molecule has 0 atom stereocenters. The molecule has 4 nitrogen and oxygen atoms in total. The van der Waals surface area contributed by atoms with Crippen LogP contribution in [-0.4, -0.2) is 16.5 Å². The lowest BCUT2D eigenvalue weighted by Gasteiger charge is -2.13. The van der Waals surface area contributed by atoms with E-state index in [1.54, 1.807) is 11.9 Å². The van der Waals surface area contributed by atoms with E-state index in [1.807, 2.05) is 18.2 Å². The van der Waals surface area contributed by atoms with Crippen molar-refractivity contribution in [1.29, 1.82) is 0 Å². The third-order valence-electron chi connectivity index (χ3n) is 4.09. The van der Waals surface area contributed by atoms with Crippen molar-refractivity contribution in [1.82, 2.24) is 9.97 Å². The van der Waals surface area contributed by atoms with Crippen LogP contribution in [0, 0.1) is 6.92 Å². The molecule has 0 aliphatic heterocycles. The molecule has 0 radical (unpaired) electrons. The fourth-order valence-corrected chi connectivity index (χ4v) is 2.88. The highest BCUT2D eigenvalue weighted by Crippen LogP contribution is 2.20. The van der Waals surface area contributed by atoms with Crippen LogP contribution in [0.25, 0.3) is 0 Å². The van der Waals surface area contributed by atoms with Crippen molar-refractivity contribution >= 4 is 17.3 Å². The Hall–Kier alpha value is -2.36. The largest absolute Gasteiger partial charge is 0.370 e. The summed E-state index contributed by atoms with van der Waals surface area (Å²) >= 11 is 0. The van der Waals surface area contributed by atoms with Gasteiger partial charge in [0.15, 0.2) is 0 Å². The number of hydrogen-bond acceptors (Lipinski definition) is 4. The van der Waals surface area contributed by atoms with Crippen molar-refractivity contribution in [2.24, 2.45) is 0 Å². The summed E-state index contributed by atoms with van der Waals surface area (Å²) in [5, 5.41) is 6.72. The van der Waals surface area contributed by atoms with Gasteiger partial charge in [0.05, 0.1) is 0 Å². The van der Waals surface area contributed by atoms with E-state index in [-0.39, 0.29) is 0 Å². The molecular formula is C19H24N4. The maximum absolute atomic E-state index is 4.30. The van der Waals surface area contributed by atoms with Gasteiger partial charge in [0.2, 0.25) is 0 Å². The van der Waals surface area contributed by atoms with Crippen molar-refractivity contribution in [3.8, 4) is 0 Å². The van der Waals surface area contributed by atoms with Gasteiger partial charge < -0.3 is 10.6 Å². The van der Waals surface area contributed by atoms with Gasteiger partial charge in [-0.05, 0) is 56.7 Å². The number of aryl methyl sites for hydroxylation is 1. The minimum absolute atomic E-state index is 0.810. The highest BCUT2D eigenvalue weighted by Gasteiger charge is 2.04. The second kappa shape index (κ2) is 7.77. The first-order valence-electron chi connectivity index (χ1n) is 8.37. The molecule has 1 heterocycles. The van der Waals surface area contributed by atoms with Crippen LogP contribution >= 0.6 is 0 Å². The molecule has 3 rings (SSSR count).